The van der Waals surface area contributed by atoms with E-state index in [9.17, 15) is 9.18 Å². The van der Waals surface area contributed by atoms with Gasteiger partial charge in [0.2, 0.25) is 5.91 Å². The number of nitrogens with one attached hydrogen (secondary N) is 1. The highest BCUT2D eigenvalue weighted by Crippen LogP contribution is 2.10. The quantitative estimate of drug-likeness (QED) is 0.816. The number of amidine groups is 1. The zero-order valence-electron chi connectivity index (χ0n) is 9.02. The Balaban J connectivity index is 1.96. The zero-order valence-corrected chi connectivity index (χ0v) is 9.84. The lowest BCUT2D eigenvalue weighted by Crippen LogP contribution is -2.25. The molecule has 3 nitrogen and oxygen atoms in total. The molecule has 17 heavy (non-hydrogen) atoms. The summed E-state index contributed by atoms with van der Waals surface area (Å²) >= 11 is 1.51. The van der Waals surface area contributed by atoms with Gasteiger partial charge in [0.05, 0.1) is 6.54 Å². The van der Waals surface area contributed by atoms with Crippen LogP contribution in [0, 0.1) is 5.82 Å². The van der Waals surface area contributed by atoms with Crippen LogP contribution in [0.2, 0.25) is 0 Å². The van der Waals surface area contributed by atoms with E-state index < -0.39 is 0 Å². The fraction of sp³-hybridized carbons (Fsp3) is 0.167. The Kier molecular flexibility index (Phi) is 3.93. The standard InChI is InChI=1S/C12H11FN2OS/c13-10-4-2-1-3-9(10)5-6-11(16)15-12-14-7-8-17-12/h1-6H,7-8H2,(H,14,15,16)/b6-5+. The Labute approximate surface area is 103 Å². The number of rotatable bonds is 2. The predicted molar refractivity (Wildman–Crippen MR) is 68.3 cm³/mol. The molecule has 0 saturated heterocycles. The van der Waals surface area contributed by atoms with Gasteiger partial charge >= 0.3 is 0 Å². The number of halogens is 1. The van der Waals surface area contributed by atoms with E-state index in [-0.39, 0.29) is 11.7 Å². The first-order chi connectivity index (χ1) is 8.25. The fourth-order valence-corrected chi connectivity index (χ4v) is 2.06. The summed E-state index contributed by atoms with van der Waals surface area (Å²) in [6.45, 7) is 0.733. The minimum absolute atomic E-state index is 0.290. The van der Waals surface area contributed by atoms with Gasteiger partial charge in [0.25, 0.3) is 0 Å². The Hall–Kier alpha value is -1.62. The zero-order chi connectivity index (χ0) is 12.1. The molecule has 2 rings (SSSR count). The van der Waals surface area contributed by atoms with Crippen LogP contribution in [0.5, 0.6) is 0 Å². The molecule has 0 aliphatic carbocycles. The average Bonchev–Trinajstić information content (AvgIpc) is 2.81. The minimum Gasteiger partial charge on any atom is -0.302 e. The van der Waals surface area contributed by atoms with Crippen LogP contribution in [0.1, 0.15) is 5.56 Å². The summed E-state index contributed by atoms with van der Waals surface area (Å²) in [5.74, 6) is 0.262. The summed E-state index contributed by atoms with van der Waals surface area (Å²) in [5, 5.41) is 3.27. The largest absolute Gasteiger partial charge is 0.302 e. The number of thioether (sulfide) groups is 1. The molecule has 1 aromatic carbocycles. The first kappa shape index (κ1) is 11.9. The van der Waals surface area contributed by atoms with E-state index in [2.05, 4.69) is 10.3 Å². The van der Waals surface area contributed by atoms with Gasteiger partial charge in [0.1, 0.15) is 5.82 Å². The first-order valence-electron chi connectivity index (χ1n) is 5.16. The van der Waals surface area contributed by atoms with Crippen LogP contribution < -0.4 is 5.32 Å². The third-order valence-electron chi connectivity index (χ3n) is 2.14. The van der Waals surface area contributed by atoms with Crippen molar-refractivity contribution >= 4 is 28.9 Å². The Bertz CT molecular complexity index is 485. The van der Waals surface area contributed by atoms with Crippen LogP contribution in [0.25, 0.3) is 6.08 Å². The van der Waals surface area contributed by atoms with E-state index >= 15 is 0 Å². The lowest BCUT2D eigenvalue weighted by molar-refractivity contribution is -0.115. The summed E-state index contributed by atoms with van der Waals surface area (Å²) < 4.78 is 13.2. The molecular formula is C12H11FN2OS. The van der Waals surface area contributed by atoms with Crippen molar-refractivity contribution in [1.29, 1.82) is 0 Å². The molecule has 0 radical (unpaired) electrons. The van der Waals surface area contributed by atoms with Gasteiger partial charge in [-0.15, -0.1) is 0 Å². The molecule has 0 bridgehead atoms. The molecule has 1 aliphatic heterocycles. The van der Waals surface area contributed by atoms with Gasteiger partial charge in [-0.2, -0.15) is 0 Å². The van der Waals surface area contributed by atoms with E-state index in [1.807, 2.05) is 0 Å². The number of carbonyl (C=O) groups excluding carboxylic acids is 1. The molecule has 0 aromatic heterocycles. The highest BCUT2D eigenvalue weighted by atomic mass is 32.2. The van der Waals surface area contributed by atoms with Crippen molar-refractivity contribution in [1.82, 2.24) is 5.32 Å². The molecule has 0 saturated carbocycles. The second kappa shape index (κ2) is 5.63. The highest BCUT2D eigenvalue weighted by Gasteiger charge is 2.08. The molecule has 0 spiro atoms. The fourth-order valence-electron chi connectivity index (χ4n) is 1.33. The van der Waals surface area contributed by atoms with Crippen molar-refractivity contribution in [2.45, 2.75) is 0 Å². The number of carbonyl (C=O) groups is 1. The minimum atomic E-state index is -0.343. The van der Waals surface area contributed by atoms with Gasteiger partial charge in [0.15, 0.2) is 5.17 Å². The normalized spacial score (nSPS) is 15.0. The van der Waals surface area contributed by atoms with Gasteiger partial charge in [0, 0.05) is 17.4 Å². The molecule has 1 amide bonds. The van der Waals surface area contributed by atoms with Crippen molar-refractivity contribution in [3.05, 3.63) is 41.7 Å². The van der Waals surface area contributed by atoms with Gasteiger partial charge in [-0.3, -0.25) is 9.79 Å². The van der Waals surface area contributed by atoms with Crippen molar-refractivity contribution in [2.24, 2.45) is 4.99 Å². The maximum atomic E-state index is 13.2. The topological polar surface area (TPSA) is 41.5 Å². The van der Waals surface area contributed by atoms with E-state index in [0.717, 1.165) is 12.3 Å². The molecule has 1 N–H and O–H groups in total. The third kappa shape index (κ3) is 3.42. The molecule has 1 aromatic rings. The van der Waals surface area contributed by atoms with Crippen LogP contribution in [0.15, 0.2) is 35.3 Å². The maximum absolute atomic E-state index is 13.2. The maximum Gasteiger partial charge on any atom is 0.249 e. The number of benzene rings is 1. The first-order valence-corrected chi connectivity index (χ1v) is 6.15. The van der Waals surface area contributed by atoms with E-state index in [1.165, 1.54) is 30.0 Å². The van der Waals surface area contributed by atoms with Crippen molar-refractivity contribution in [3.8, 4) is 0 Å². The molecule has 0 fully saturated rings. The Morgan fingerprint density at radius 2 is 2.29 bits per heavy atom. The molecule has 5 heteroatoms. The summed E-state index contributed by atoms with van der Waals surface area (Å²) in [7, 11) is 0. The summed E-state index contributed by atoms with van der Waals surface area (Å²) in [4.78, 5) is 15.6. The lowest BCUT2D eigenvalue weighted by atomic mass is 10.2. The van der Waals surface area contributed by atoms with Gasteiger partial charge in [-0.05, 0) is 12.1 Å². The molecule has 0 atom stereocenters. The summed E-state index contributed by atoms with van der Waals surface area (Å²) in [6.07, 6.45) is 2.75. The van der Waals surface area contributed by atoms with Crippen LogP contribution in [0.3, 0.4) is 0 Å². The monoisotopic (exact) mass is 250 g/mol. The van der Waals surface area contributed by atoms with Gasteiger partial charge in [-0.1, -0.05) is 30.0 Å². The van der Waals surface area contributed by atoms with Gasteiger partial charge in [-0.25, -0.2) is 4.39 Å². The van der Waals surface area contributed by atoms with E-state index in [0.29, 0.717) is 10.7 Å². The molecular weight excluding hydrogens is 239 g/mol. The number of hydrogen-bond donors (Lipinski definition) is 1. The molecule has 1 heterocycles. The van der Waals surface area contributed by atoms with Crippen molar-refractivity contribution < 1.29 is 9.18 Å². The third-order valence-corrected chi connectivity index (χ3v) is 3.03. The van der Waals surface area contributed by atoms with Crippen LogP contribution in [-0.2, 0) is 4.79 Å². The smallest absolute Gasteiger partial charge is 0.249 e. The molecule has 1 aliphatic rings. The van der Waals surface area contributed by atoms with Gasteiger partial charge < -0.3 is 5.32 Å². The SMILES string of the molecule is O=C(/C=C/c1ccccc1F)NC1=NCCS1. The van der Waals surface area contributed by atoms with E-state index in [1.54, 1.807) is 18.2 Å². The Morgan fingerprint density at radius 3 is 3.00 bits per heavy atom. The second-order valence-corrected chi connectivity index (χ2v) is 4.46. The van der Waals surface area contributed by atoms with Crippen molar-refractivity contribution in [2.75, 3.05) is 12.3 Å². The summed E-state index contributed by atoms with van der Waals surface area (Å²) in [5.41, 5.74) is 0.392. The van der Waals surface area contributed by atoms with Crippen molar-refractivity contribution in [3.63, 3.8) is 0 Å². The van der Waals surface area contributed by atoms with E-state index in [4.69, 9.17) is 0 Å². The van der Waals surface area contributed by atoms with Crippen LogP contribution in [-0.4, -0.2) is 23.4 Å². The highest BCUT2D eigenvalue weighted by molar-refractivity contribution is 8.14. The van der Waals surface area contributed by atoms with Crippen LogP contribution >= 0.6 is 11.8 Å². The number of amides is 1. The second-order valence-electron chi connectivity index (χ2n) is 3.38. The summed E-state index contributed by atoms with van der Waals surface area (Å²) in [6, 6.07) is 6.30. The molecule has 88 valence electrons. The number of aliphatic imine (C=N–C) groups is 1. The number of hydrogen-bond acceptors (Lipinski definition) is 3. The number of nitrogens with zero attached hydrogens (tertiary/aromatic N) is 1. The predicted octanol–water partition coefficient (Wildman–Crippen LogP) is 2.06. The Morgan fingerprint density at radius 1 is 1.47 bits per heavy atom. The lowest BCUT2D eigenvalue weighted by Gasteiger charge is -1.99. The molecule has 0 unspecified atom stereocenters. The van der Waals surface area contributed by atoms with Crippen LogP contribution in [0.4, 0.5) is 4.39 Å². The average molecular weight is 250 g/mol.